The van der Waals surface area contributed by atoms with Gasteiger partial charge in [-0.15, -0.1) is 0 Å². The molecule has 0 spiro atoms. The molecule has 0 radical (unpaired) electrons. The van der Waals surface area contributed by atoms with Crippen LogP contribution >= 0.6 is 0 Å². The highest BCUT2D eigenvalue weighted by atomic mass is 14.3. The Balaban J connectivity index is 1.54. The molecule has 0 heterocycles. The smallest absolute Gasteiger partial charge is 0.00954 e. The lowest BCUT2D eigenvalue weighted by atomic mass is 9.76. The maximum absolute atomic E-state index is 2.47. The Morgan fingerprint density at radius 1 is 0.630 bits per heavy atom. The van der Waals surface area contributed by atoms with Crippen molar-refractivity contribution in [2.75, 3.05) is 0 Å². The summed E-state index contributed by atoms with van der Waals surface area (Å²) in [7, 11) is 0. The van der Waals surface area contributed by atoms with Crippen LogP contribution in [0.5, 0.6) is 0 Å². The lowest BCUT2D eigenvalue weighted by Gasteiger charge is -2.28. The third kappa shape index (κ3) is 2.29. The first-order chi connectivity index (χ1) is 13.4. The van der Waals surface area contributed by atoms with Crippen molar-refractivity contribution in [3.05, 3.63) is 107 Å². The maximum atomic E-state index is 2.47. The van der Waals surface area contributed by atoms with Crippen LogP contribution in [-0.2, 0) is 12.8 Å². The zero-order valence-corrected chi connectivity index (χ0v) is 15.4. The third-order valence-corrected chi connectivity index (χ3v) is 6.58. The van der Waals surface area contributed by atoms with Crippen molar-refractivity contribution in [2.24, 2.45) is 0 Å². The van der Waals surface area contributed by atoms with E-state index >= 15 is 0 Å². The van der Waals surface area contributed by atoms with Crippen molar-refractivity contribution >= 4 is 10.8 Å². The van der Waals surface area contributed by atoms with Gasteiger partial charge in [0.2, 0.25) is 0 Å². The van der Waals surface area contributed by atoms with Gasteiger partial charge in [-0.3, -0.25) is 0 Å². The van der Waals surface area contributed by atoms with Crippen LogP contribution in [0, 0.1) is 0 Å². The summed E-state index contributed by atoms with van der Waals surface area (Å²) in [6.07, 6.45) is 4.85. The van der Waals surface area contributed by atoms with E-state index in [1.54, 1.807) is 22.3 Å². The van der Waals surface area contributed by atoms with Gasteiger partial charge in [0.1, 0.15) is 0 Å². The summed E-state index contributed by atoms with van der Waals surface area (Å²) in [6, 6.07) is 29.6. The second-order valence-electron chi connectivity index (χ2n) is 8.05. The molecule has 0 saturated heterocycles. The van der Waals surface area contributed by atoms with Crippen LogP contribution in [0.25, 0.3) is 21.9 Å². The Hall–Kier alpha value is -2.86. The molecule has 130 valence electrons. The molecule has 4 aromatic rings. The van der Waals surface area contributed by atoms with Crippen LogP contribution in [0.3, 0.4) is 0 Å². The van der Waals surface area contributed by atoms with E-state index in [1.807, 2.05) is 0 Å². The Kier molecular flexibility index (Phi) is 3.28. The normalized spacial score (nSPS) is 17.4. The Labute approximate surface area is 160 Å². The standard InChI is InChI=1S/C27H22/c1-2-8-19-16-26-20(15-18(19)7-1)10-5-12-24(26)25-14-6-13-23-22-11-4-3-9-21(22)17-27(23)25/h1-4,6-9,11,13-16,24H,5,10,12,17H2. The molecule has 1 unspecified atom stereocenters. The van der Waals surface area contributed by atoms with Gasteiger partial charge in [0.15, 0.2) is 0 Å². The number of hydrogen-bond acceptors (Lipinski definition) is 0. The van der Waals surface area contributed by atoms with Crippen LogP contribution < -0.4 is 0 Å². The average Bonchev–Trinajstić information content (AvgIpc) is 3.11. The number of rotatable bonds is 1. The van der Waals surface area contributed by atoms with Crippen molar-refractivity contribution in [3.63, 3.8) is 0 Å². The summed E-state index contributed by atoms with van der Waals surface area (Å²) >= 11 is 0. The first-order valence-electron chi connectivity index (χ1n) is 10.1. The maximum Gasteiger partial charge on any atom is 0.00954 e. The molecule has 0 saturated carbocycles. The van der Waals surface area contributed by atoms with E-state index < -0.39 is 0 Å². The van der Waals surface area contributed by atoms with Crippen molar-refractivity contribution < 1.29 is 0 Å². The van der Waals surface area contributed by atoms with Crippen molar-refractivity contribution in [2.45, 2.75) is 31.6 Å². The van der Waals surface area contributed by atoms with E-state index in [9.17, 15) is 0 Å². The minimum Gasteiger partial charge on any atom is -0.0619 e. The summed E-state index contributed by atoms with van der Waals surface area (Å²) in [5.41, 5.74) is 10.6. The predicted molar refractivity (Wildman–Crippen MR) is 113 cm³/mol. The predicted octanol–water partition coefficient (Wildman–Crippen LogP) is 6.88. The van der Waals surface area contributed by atoms with E-state index in [0.29, 0.717) is 5.92 Å². The second-order valence-corrected chi connectivity index (χ2v) is 8.05. The van der Waals surface area contributed by atoms with E-state index in [0.717, 1.165) is 6.42 Å². The van der Waals surface area contributed by atoms with Gasteiger partial charge in [0, 0.05) is 5.92 Å². The van der Waals surface area contributed by atoms with Gasteiger partial charge >= 0.3 is 0 Å². The molecule has 0 fully saturated rings. The monoisotopic (exact) mass is 346 g/mol. The highest BCUT2D eigenvalue weighted by Crippen LogP contribution is 2.45. The number of fused-ring (bicyclic) bond motifs is 5. The van der Waals surface area contributed by atoms with Gasteiger partial charge < -0.3 is 0 Å². The molecule has 0 bridgehead atoms. The molecular formula is C27H22. The van der Waals surface area contributed by atoms with E-state index in [2.05, 4.69) is 78.9 Å². The molecule has 4 aromatic carbocycles. The van der Waals surface area contributed by atoms with Crippen molar-refractivity contribution in [1.29, 1.82) is 0 Å². The van der Waals surface area contributed by atoms with Gasteiger partial charge in [-0.05, 0) is 75.4 Å². The Morgan fingerprint density at radius 2 is 1.41 bits per heavy atom. The second kappa shape index (κ2) is 5.82. The van der Waals surface area contributed by atoms with E-state index in [-0.39, 0.29) is 0 Å². The number of hydrogen-bond donors (Lipinski definition) is 0. The molecule has 2 aliphatic carbocycles. The minimum absolute atomic E-state index is 0.530. The van der Waals surface area contributed by atoms with Crippen LogP contribution in [0.1, 0.15) is 46.6 Å². The highest BCUT2D eigenvalue weighted by Gasteiger charge is 2.28. The molecule has 27 heavy (non-hydrogen) atoms. The quantitative estimate of drug-likeness (QED) is 0.310. The lowest BCUT2D eigenvalue weighted by Crippen LogP contribution is -2.13. The van der Waals surface area contributed by atoms with Crippen LogP contribution in [0.15, 0.2) is 78.9 Å². The molecule has 0 aromatic heterocycles. The molecule has 0 amide bonds. The fourth-order valence-electron chi connectivity index (χ4n) is 5.33. The Morgan fingerprint density at radius 3 is 2.33 bits per heavy atom. The number of aryl methyl sites for hydroxylation is 1. The summed E-state index contributed by atoms with van der Waals surface area (Å²) < 4.78 is 0. The molecular weight excluding hydrogens is 324 g/mol. The topological polar surface area (TPSA) is 0 Å². The SMILES string of the molecule is c1ccc2c(c1)Cc1c-2cccc1C1CCCc2cc3ccccc3cc21. The zero-order valence-electron chi connectivity index (χ0n) is 15.4. The average molecular weight is 346 g/mol. The molecule has 0 aliphatic heterocycles. The van der Waals surface area contributed by atoms with Gasteiger partial charge in [-0.25, -0.2) is 0 Å². The molecule has 6 rings (SSSR count). The summed E-state index contributed by atoms with van der Waals surface area (Å²) in [6.45, 7) is 0. The third-order valence-electron chi connectivity index (χ3n) is 6.58. The van der Waals surface area contributed by atoms with Gasteiger partial charge in [-0.2, -0.15) is 0 Å². The zero-order chi connectivity index (χ0) is 17.8. The molecule has 2 aliphatic rings. The fourth-order valence-corrected chi connectivity index (χ4v) is 5.33. The summed E-state index contributed by atoms with van der Waals surface area (Å²) in [5, 5.41) is 2.75. The first kappa shape index (κ1) is 15.2. The van der Waals surface area contributed by atoms with Gasteiger partial charge in [0.25, 0.3) is 0 Å². The fraction of sp³-hybridized carbons (Fsp3) is 0.185. The van der Waals surface area contributed by atoms with E-state index in [4.69, 9.17) is 0 Å². The summed E-state index contributed by atoms with van der Waals surface area (Å²) in [5.74, 6) is 0.530. The first-order valence-corrected chi connectivity index (χ1v) is 10.1. The molecule has 0 N–H and O–H groups in total. The minimum atomic E-state index is 0.530. The van der Waals surface area contributed by atoms with Crippen LogP contribution in [0.2, 0.25) is 0 Å². The Bertz CT molecular complexity index is 1180. The number of benzene rings is 4. The van der Waals surface area contributed by atoms with Crippen LogP contribution in [0.4, 0.5) is 0 Å². The molecule has 1 atom stereocenters. The van der Waals surface area contributed by atoms with Crippen molar-refractivity contribution in [1.82, 2.24) is 0 Å². The lowest BCUT2D eigenvalue weighted by molar-refractivity contribution is 0.614. The largest absolute Gasteiger partial charge is 0.0619 e. The van der Waals surface area contributed by atoms with E-state index in [1.165, 1.54) is 46.7 Å². The molecule has 0 heteroatoms. The van der Waals surface area contributed by atoms with Gasteiger partial charge in [-0.1, -0.05) is 78.9 Å². The molecule has 0 nitrogen and oxygen atoms in total. The van der Waals surface area contributed by atoms with Crippen molar-refractivity contribution in [3.8, 4) is 11.1 Å². The van der Waals surface area contributed by atoms with Crippen LogP contribution in [-0.4, -0.2) is 0 Å². The van der Waals surface area contributed by atoms with Gasteiger partial charge in [0.05, 0.1) is 0 Å². The highest BCUT2D eigenvalue weighted by molar-refractivity contribution is 5.85. The summed E-state index contributed by atoms with van der Waals surface area (Å²) in [4.78, 5) is 0.